The molecule has 0 spiro atoms. The Morgan fingerprint density at radius 3 is 2.56 bits per heavy atom. The Bertz CT molecular complexity index is 1230. The normalized spacial score (nSPS) is 10.5. The minimum atomic E-state index is -0.551. The third kappa shape index (κ3) is 6.78. The zero-order valence-corrected chi connectivity index (χ0v) is 18.6. The quantitative estimate of drug-likeness (QED) is 0.269. The molecule has 2 N–H and O–H groups in total. The Hall–Kier alpha value is -4.44. The van der Waals surface area contributed by atoms with Crippen LogP contribution in [0, 0.1) is 10.1 Å². The lowest BCUT2D eigenvalue weighted by Gasteiger charge is -2.11. The Morgan fingerprint density at radius 2 is 1.85 bits per heavy atom. The molecule has 174 valence electrons. The van der Waals surface area contributed by atoms with Crippen molar-refractivity contribution in [1.29, 1.82) is 0 Å². The highest BCUT2D eigenvalue weighted by atomic mass is 35.5. The number of anilines is 1. The fraction of sp³-hybridized carbons (Fsp3) is 0.0870. The number of ether oxygens (including phenoxy) is 2. The van der Waals surface area contributed by atoms with Gasteiger partial charge in [-0.05, 0) is 54.1 Å². The van der Waals surface area contributed by atoms with Gasteiger partial charge in [0.25, 0.3) is 17.5 Å². The summed E-state index contributed by atoms with van der Waals surface area (Å²) in [5, 5.41) is 17.8. The number of rotatable bonds is 9. The van der Waals surface area contributed by atoms with Crippen LogP contribution in [0.2, 0.25) is 5.02 Å². The summed E-state index contributed by atoms with van der Waals surface area (Å²) in [6.45, 7) is -0.344. The first-order valence-corrected chi connectivity index (χ1v) is 10.2. The van der Waals surface area contributed by atoms with Crippen molar-refractivity contribution >= 4 is 41.0 Å². The molecule has 2 amide bonds. The summed E-state index contributed by atoms with van der Waals surface area (Å²) in [7, 11) is 1.44. The lowest BCUT2D eigenvalue weighted by molar-refractivity contribution is -0.384. The van der Waals surface area contributed by atoms with Crippen LogP contribution in [0.3, 0.4) is 0 Å². The summed E-state index contributed by atoms with van der Waals surface area (Å²) in [6.07, 6.45) is 1.43. The van der Waals surface area contributed by atoms with Crippen LogP contribution in [0.1, 0.15) is 15.9 Å². The first kappa shape index (κ1) is 24.2. The third-order valence-corrected chi connectivity index (χ3v) is 4.63. The number of carbonyl (C=O) groups is 2. The van der Waals surface area contributed by atoms with Crippen molar-refractivity contribution in [3.05, 3.63) is 93.0 Å². The van der Waals surface area contributed by atoms with E-state index in [9.17, 15) is 19.7 Å². The first-order chi connectivity index (χ1) is 16.4. The van der Waals surface area contributed by atoms with Crippen LogP contribution in [0.4, 0.5) is 11.4 Å². The van der Waals surface area contributed by atoms with Crippen LogP contribution in [-0.2, 0) is 4.79 Å². The molecule has 0 radical (unpaired) electrons. The molecular formula is C23H19ClN4O6. The molecule has 0 aliphatic heterocycles. The second kappa shape index (κ2) is 11.4. The van der Waals surface area contributed by atoms with Crippen molar-refractivity contribution in [3.8, 4) is 11.5 Å². The van der Waals surface area contributed by atoms with E-state index in [0.29, 0.717) is 27.6 Å². The molecule has 0 unspecified atom stereocenters. The molecule has 10 nitrogen and oxygen atoms in total. The maximum Gasteiger partial charge on any atom is 0.271 e. The van der Waals surface area contributed by atoms with E-state index in [1.165, 1.54) is 37.6 Å². The summed E-state index contributed by atoms with van der Waals surface area (Å²) in [5.74, 6) is -0.247. The molecule has 34 heavy (non-hydrogen) atoms. The summed E-state index contributed by atoms with van der Waals surface area (Å²) >= 11 is 5.81. The highest BCUT2D eigenvalue weighted by molar-refractivity contribution is 6.30. The maximum atomic E-state index is 12.2. The van der Waals surface area contributed by atoms with Gasteiger partial charge in [-0.2, -0.15) is 5.10 Å². The number of halogens is 1. The van der Waals surface area contributed by atoms with Gasteiger partial charge in [-0.1, -0.05) is 17.7 Å². The number of amides is 2. The van der Waals surface area contributed by atoms with Gasteiger partial charge in [0.2, 0.25) is 0 Å². The molecule has 0 aliphatic carbocycles. The number of nitrogens with zero attached hydrogens (tertiary/aromatic N) is 2. The number of hydrogen-bond acceptors (Lipinski definition) is 7. The number of hydrogen-bond donors (Lipinski definition) is 2. The molecule has 0 aromatic heterocycles. The first-order valence-electron chi connectivity index (χ1n) is 9.80. The van der Waals surface area contributed by atoms with Gasteiger partial charge in [0.05, 0.1) is 18.2 Å². The van der Waals surface area contributed by atoms with Crippen LogP contribution in [0.5, 0.6) is 11.5 Å². The zero-order valence-electron chi connectivity index (χ0n) is 17.9. The van der Waals surface area contributed by atoms with Crippen molar-refractivity contribution < 1.29 is 24.0 Å². The van der Waals surface area contributed by atoms with Gasteiger partial charge >= 0.3 is 0 Å². The Morgan fingerprint density at radius 1 is 1.09 bits per heavy atom. The summed E-state index contributed by atoms with van der Waals surface area (Å²) in [5.41, 5.74) is 3.58. The van der Waals surface area contributed by atoms with Crippen LogP contribution >= 0.6 is 11.6 Å². The molecule has 3 rings (SSSR count). The molecule has 0 bridgehead atoms. The largest absolute Gasteiger partial charge is 0.493 e. The average molecular weight is 483 g/mol. The van der Waals surface area contributed by atoms with E-state index in [2.05, 4.69) is 15.8 Å². The van der Waals surface area contributed by atoms with Gasteiger partial charge in [-0.15, -0.1) is 0 Å². The number of nitro groups is 1. The van der Waals surface area contributed by atoms with Gasteiger partial charge < -0.3 is 14.8 Å². The topological polar surface area (TPSA) is 132 Å². The van der Waals surface area contributed by atoms with E-state index in [-0.39, 0.29) is 18.0 Å². The van der Waals surface area contributed by atoms with Crippen LogP contribution < -0.4 is 20.2 Å². The van der Waals surface area contributed by atoms with Crippen molar-refractivity contribution in [2.75, 3.05) is 19.0 Å². The predicted octanol–water partition coefficient (Wildman–Crippen LogP) is 4.04. The SMILES string of the molecule is COc1cc(/C=N/NC(=O)c2ccc(Cl)cc2)ccc1OCC(=O)Nc1cccc([N+](=O)[O-])c1. The average Bonchev–Trinajstić information content (AvgIpc) is 2.83. The monoisotopic (exact) mass is 482 g/mol. The summed E-state index contributed by atoms with van der Waals surface area (Å²) < 4.78 is 10.8. The van der Waals surface area contributed by atoms with Crippen molar-refractivity contribution in [3.63, 3.8) is 0 Å². The summed E-state index contributed by atoms with van der Waals surface area (Å²) in [6, 6.07) is 16.8. The fourth-order valence-electron chi connectivity index (χ4n) is 2.75. The highest BCUT2D eigenvalue weighted by Gasteiger charge is 2.11. The third-order valence-electron chi connectivity index (χ3n) is 4.37. The number of non-ortho nitro benzene ring substituents is 1. The van der Waals surface area contributed by atoms with Crippen molar-refractivity contribution in [2.45, 2.75) is 0 Å². The number of methoxy groups -OCH3 is 1. The van der Waals surface area contributed by atoms with Crippen LogP contribution in [0.25, 0.3) is 0 Å². The van der Waals surface area contributed by atoms with Crippen LogP contribution in [-0.4, -0.2) is 36.7 Å². The number of nitrogens with one attached hydrogen (secondary N) is 2. The minimum Gasteiger partial charge on any atom is -0.493 e. The standard InChI is InChI=1S/C23H19ClN4O6/c1-33-21-11-15(13-25-27-23(30)16-6-8-17(24)9-7-16)5-10-20(21)34-14-22(29)26-18-3-2-4-19(12-18)28(31)32/h2-13H,14H2,1H3,(H,26,29)(H,27,30)/b25-13+. The molecule has 0 saturated carbocycles. The molecule has 0 aliphatic rings. The van der Waals surface area contributed by atoms with E-state index in [1.54, 1.807) is 42.5 Å². The predicted molar refractivity (Wildman–Crippen MR) is 127 cm³/mol. The van der Waals surface area contributed by atoms with E-state index >= 15 is 0 Å². The molecule has 0 heterocycles. The number of carbonyl (C=O) groups excluding carboxylic acids is 2. The number of hydrazone groups is 1. The van der Waals surface area contributed by atoms with Gasteiger partial charge in [0.15, 0.2) is 18.1 Å². The Kier molecular flexibility index (Phi) is 8.14. The van der Waals surface area contributed by atoms with Crippen molar-refractivity contribution in [1.82, 2.24) is 5.43 Å². The summed E-state index contributed by atoms with van der Waals surface area (Å²) in [4.78, 5) is 34.5. The van der Waals surface area contributed by atoms with E-state index < -0.39 is 16.7 Å². The minimum absolute atomic E-state index is 0.137. The van der Waals surface area contributed by atoms with Gasteiger partial charge in [0, 0.05) is 28.4 Å². The highest BCUT2D eigenvalue weighted by Crippen LogP contribution is 2.27. The van der Waals surface area contributed by atoms with Gasteiger partial charge in [0.1, 0.15) is 0 Å². The lowest BCUT2D eigenvalue weighted by Crippen LogP contribution is -2.20. The second-order valence-corrected chi connectivity index (χ2v) is 7.20. The number of nitro benzene ring substituents is 1. The van der Waals surface area contributed by atoms with Crippen molar-refractivity contribution in [2.24, 2.45) is 5.10 Å². The molecule has 3 aromatic carbocycles. The zero-order chi connectivity index (χ0) is 24.5. The van der Waals surface area contributed by atoms with Gasteiger partial charge in [-0.25, -0.2) is 5.43 Å². The van der Waals surface area contributed by atoms with Gasteiger partial charge in [-0.3, -0.25) is 19.7 Å². The molecular weight excluding hydrogens is 464 g/mol. The molecule has 0 fully saturated rings. The molecule has 0 saturated heterocycles. The Balaban J connectivity index is 1.57. The Labute approximate surface area is 199 Å². The molecule has 0 atom stereocenters. The smallest absolute Gasteiger partial charge is 0.271 e. The molecule has 11 heteroatoms. The fourth-order valence-corrected chi connectivity index (χ4v) is 2.88. The van der Waals surface area contributed by atoms with Crippen LogP contribution in [0.15, 0.2) is 71.8 Å². The number of benzene rings is 3. The lowest BCUT2D eigenvalue weighted by atomic mass is 10.2. The van der Waals surface area contributed by atoms with E-state index in [4.69, 9.17) is 21.1 Å². The maximum absolute atomic E-state index is 12.2. The molecule has 3 aromatic rings. The van der Waals surface area contributed by atoms with E-state index in [1.807, 2.05) is 0 Å². The second-order valence-electron chi connectivity index (χ2n) is 6.76. The van der Waals surface area contributed by atoms with E-state index in [0.717, 1.165) is 0 Å².